The van der Waals surface area contributed by atoms with E-state index in [0.29, 0.717) is 11.3 Å². The van der Waals surface area contributed by atoms with Crippen molar-refractivity contribution in [3.05, 3.63) is 53.5 Å². The normalized spacial score (nSPS) is 10.5. The molecule has 0 aliphatic heterocycles. The molecule has 0 aliphatic carbocycles. The summed E-state index contributed by atoms with van der Waals surface area (Å²) < 4.78 is 1.05. The van der Waals surface area contributed by atoms with E-state index < -0.39 is 0 Å². The van der Waals surface area contributed by atoms with E-state index in [9.17, 15) is 4.79 Å². The fraction of sp³-hybridized carbons (Fsp3) is 0. The maximum absolute atomic E-state index is 12.1. The van der Waals surface area contributed by atoms with Crippen LogP contribution in [-0.4, -0.2) is 10.9 Å². The predicted molar refractivity (Wildman–Crippen MR) is 78.4 cm³/mol. The molecule has 3 N–H and O–H groups in total. The molecular weight excluding hydrogens is 258 g/mol. The number of nitrogens with zero attached hydrogens (tertiary/aromatic N) is 1. The molecule has 3 rings (SSSR count). The highest BCUT2D eigenvalue weighted by Crippen LogP contribution is 2.22. The molecule has 0 bridgehead atoms. The lowest BCUT2D eigenvalue weighted by Crippen LogP contribution is -2.11. The van der Waals surface area contributed by atoms with Gasteiger partial charge in [-0.25, -0.2) is 4.98 Å². The first-order chi connectivity index (χ1) is 9.22. The van der Waals surface area contributed by atoms with E-state index in [1.807, 2.05) is 18.2 Å². The maximum atomic E-state index is 12.1. The van der Waals surface area contributed by atoms with Gasteiger partial charge in [0.2, 0.25) is 0 Å². The Morgan fingerprint density at radius 2 is 2.11 bits per heavy atom. The first kappa shape index (κ1) is 11.7. The van der Waals surface area contributed by atoms with Crippen LogP contribution in [0, 0.1) is 0 Å². The highest BCUT2D eigenvalue weighted by atomic mass is 32.1. The third kappa shape index (κ3) is 2.41. The SMILES string of the molecule is Nc1cccc(C(=O)Nc2ccc3ncsc3c2)c1. The second-order valence-corrected chi connectivity index (χ2v) is 5.00. The number of fused-ring (bicyclic) bond motifs is 1. The van der Waals surface area contributed by atoms with Crippen LogP contribution < -0.4 is 11.1 Å². The Balaban J connectivity index is 1.86. The van der Waals surface area contributed by atoms with E-state index in [0.717, 1.165) is 15.9 Å². The molecule has 5 heteroatoms. The maximum Gasteiger partial charge on any atom is 0.255 e. The molecular formula is C14H11N3OS. The van der Waals surface area contributed by atoms with Gasteiger partial charge in [-0.3, -0.25) is 4.79 Å². The fourth-order valence-corrected chi connectivity index (χ4v) is 2.53. The van der Waals surface area contributed by atoms with Crippen molar-refractivity contribution in [3.8, 4) is 0 Å². The van der Waals surface area contributed by atoms with E-state index in [2.05, 4.69) is 10.3 Å². The summed E-state index contributed by atoms with van der Waals surface area (Å²) in [5, 5.41) is 2.85. The van der Waals surface area contributed by atoms with Gasteiger partial charge in [0.05, 0.1) is 15.7 Å². The van der Waals surface area contributed by atoms with Crippen LogP contribution in [0.3, 0.4) is 0 Å². The largest absolute Gasteiger partial charge is 0.399 e. The van der Waals surface area contributed by atoms with E-state index in [-0.39, 0.29) is 5.91 Å². The van der Waals surface area contributed by atoms with Gasteiger partial charge >= 0.3 is 0 Å². The van der Waals surface area contributed by atoms with Crippen molar-refractivity contribution < 1.29 is 4.79 Å². The summed E-state index contributed by atoms with van der Waals surface area (Å²) in [5.74, 6) is -0.170. The number of aromatic nitrogens is 1. The number of hydrogen-bond acceptors (Lipinski definition) is 4. The van der Waals surface area contributed by atoms with Gasteiger partial charge in [0, 0.05) is 16.9 Å². The number of nitrogens with one attached hydrogen (secondary N) is 1. The molecule has 4 nitrogen and oxygen atoms in total. The third-order valence-electron chi connectivity index (χ3n) is 2.74. The fourth-order valence-electron chi connectivity index (χ4n) is 1.82. The van der Waals surface area contributed by atoms with Gasteiger partial charge in [-0.15, -0.1) is 11.3 Å². The van der Waals surface area contributed by atoms with Gasteiger partial charge in [0.1, 0.15) is 0 Å². The Bertz CT molecular complexity index is 751. The summed E-state index contributed by atoms with van der Waals surface area (Å²) in [7, 11) is 0. The van der Waals surface area contributed by atoms with Crippen molar-refractivity contribution in [3.63, 3.8) is 0 Å². The number of rotatable bonds is 2. The molecule has 0 aliphatic rings. The predicted octanol–water partition coefficient (Wildman–Crippen LogP) is 3.13. The number of nitrogens with two attached hydrogens (primary N) is 1. The average Bonchev–Trinajstić information content (AvgIpc) is 2.86. The topological polar surface area (TPSA) is 68.0 Å². The van der Waals surface area contributed by atoms with E-state index in [4.69, 9.17) is 5.73 Å². The van der Waals surface area contributed by atoms with Crippen LogP contribution in [0.4, 0.5) is 11.4 Å². The third-order valence-corrected chi connectivity index (χ3v) is 3.53. The Morgan fingerprint density at radius 1 is 1.21 bits per heavy atom. The number of carbonyl (C=O) groups is 1. The van der Waals surface area contributed by atoms with Crippen molar-refractivity contribution in [2.45, 2.75) is 0 Å². The minimum Gasteiger partial charge on any atom is -0.399 e. The first-order valence-corrected chi connectivity index (χ1v) is 6.60. The van der Waals surface area contributed by atoms with Gasteiger partial charge in [-0.05, 0) is 36.4 Å². The molecule has 0 spiro atoms. The molecule has 0 saturated carbocycles. The lowest BCUT2D eigenvalue weighted by Gasteiger charge is -2.05. The van der Waals surface area contributed by atoms with Crippen LogP contribution in [0.1, 0.15) is 10.4 Å². The molecule has 19 heavy (non-hydrogen) atoms. The number of hydrogen-bond donors (Lipinski definition) is 2. The second kappa shape index (κ2) is 4.70. The minimum absolute atomic E-state index is 0.170. The highest BCUT2D eigenvalue weighted by Gasteiger charge is 2.07. The van der Waals surface area contributed by atoms with Crippen molar-refractivity contribution >= 4 is 38.8 Å². The smallest absolute Gasteiger partial charge is 0.255 e. The van der Waals surface area contributed by atoms with Gasteiger partial charge < -0.3 is 11.1 Å². The monoisotopic (exact) mass is 269 g/mol. The molecule has 1 heterocycles. The van der Waals surface area contributed by atoms with Gasteiger partial charge in [0.15, 0.2) is 0 Å². The molecule has 94 valence electrons. The second-order valence-electron chi connectivity index (χ2n) is 4.11. The summed E-state index contributed by atoms with van der Waals surface area (Å²) >= 11 is 1.54. The Hall–Kier alpha value is -2.40. The van der Waals surface area contributed by atoms with Gasteiger partial charge in [-0.2, -0.15) is 0 Å². The minimum atomic E-state index is -0.170. The molecule has 0 radical (unpaired) electrons. The van der Waals surface area contributed by atoms with Crippen molar-refractivity contribution in [1.29, 1.82) is 0 Å². The standard InChI is InChI=1S/C14H11N3OS/c15-10-3-1-2-9(6-10)14(18)17-11-4-5-12-13(7-11)19-8-16-12/h1-8H,15H2,(H,17,18). The average molecular weight is 269 g/mol. The summed E-state index contributed by atoms with van der Waals surface area (Å²) in [5.41, 5.74) is 10.3. The van der Waals surface area contributed by atoms with Crippen LogP contribution in [0.2, 0.25) is 0 Å². The summed E-state index contributed by atoms with van der Waals surface area (Å²) in [6.07, 6.45) is 0. The number of carbonyl (C=O) groups excluding carboxylic acids is 1. The van der Waals surface area contributed by atoms with Crippen LogP contribution >= 0.6 is 11.3 Å². The lowest BCUT2D eigenvalue weighted by molar-refractivity contribution is 0.102. The molecule has 1 aromatic heterocycles. The summed E-state index contributed by atoms with van der Waals surface area (Å²) in [6.45, 7) is 0. The van der Waals surface area contributed by atoms with Crippen LogP contribution in [0.15, 0.2) is 48.0 Å². The van der Waals surface area contributed by atoms with Crippen LogP contribution in [0.5, 0.6) is 0 Å². The van der Waals surface area contributed by atoms with Crippen molar-refractivity contribution in [2.24, 2.45) is 0 Å². The van der Waals surface area contributed by atoms with Gasteiger partial charge in [0.25, 0.3) is 5.91 Å². The molecule has 0 saturated heterocycles. The van der Waals surface area contributed by atoms with E-state index in [1.54, 1.807) is 41.1 Å². The van der Waals surface area contributed by atoms with E-state index in [1.165, 1.54) is 0 Å². The molecule has 2 aromatic carbocycles. The molecule has 0 unspecified atom stereocenters. The van der Waals surface area contributed by atoms with Crippen LogP contribution in [0.25, 0.3) is 10.2 Å². The van der Waals surface area contributed by atoms with Crippen LogP contribution in [-0.2, 0) is 0 Å². The van der Waals surface area contributed by atoms with Crippen molar-refractivity contribution in [2.75, 3.05) is 11.1 Å². The summed E-state index contributed by atoms with van der Waals surface area (Å²) in [4.78, 5) is 16.3. The number of anilines is 2. The Labute approximate surface area is 113 Å². The lowest BCUT2D eigenvalue weighted by atomic mass is 10.2. The first-order valence-electron chi connectivity index (χ1n) is 5.72. The zero-order valence-electron chi connectivity index (χ0n) is 9.96. The molecule has 1 amide bonds. The van der Waals surface area contributed by atoms with Crippen molar-refractivity contribution in [1.82, 2.24) is 4.98 Å². The number of nitrogen functional groups attached to an aromatic ring is 1. The zero-order chi connectivity index (χ0) is 13.2. The Kier molecular flexibility index (Phi) is 2.89. The molecule has 0 fully saturated rings. The Morgan fingerprint density at radius 3 is 2.95 bits per heavy atom. The quantitative estimate of drug-likeness (QED) is 0.702. The molecule has 0 atom stereocenters. The van der Waals surface area contributed by atoms with Gasteiger partial charge in [-0.1, -0.05) is 6.07 Å². The zero-order valence-corrected chi connectivity index (χ0v) is 10.8. The van der Waals surface area contributed by atoms with E-state index >= 15 is 0 Å². The summed E-state index contributed by atoms with van der Waals surface area (Å²) in [6, 6.07) is 12.5. The highest BCUT2D eigenvalue weighted by molar-refractivity contribution is 7.16. The number of amides is 1. The number of benzene rings is 2. The molecule has 3 aromatic rings. The number of thiazole rings is 1.